The summed E-state index contributed by atoms with van der Waals surface area (Å²) < 4.78 is 35.3. The number of aryl methyl sites for hydroxylation is 2. The summed E-state index contributed by atoms with van der Waals surface area (Å²) in [4.78, 5) is 12.7. The zero-order chi connectivity index (χ0) is 19.6. The maximum absolute atomic E-state index is 12.9. The highest BCUT2D eigenvalue weighted by atomic mass is 32.2. The SMILES string of the molecule is Cc1nn(C)c(C)c1S(=O)(=O)Nc1ccccc1C(=O)NC[C@H]1CCCO1. The first-order valence-electron chi connectivity index (χ1n) is 8.81. The van der Waals surface area contributed by atoms with Crippen LogP contribution in [0.2, 0.25) is 0 Å². The van der Waals surface area contributed by atoms with Crippen LogP contribution in [0.1, 0.15) is 34.6 Å². The summed E-state index contributed by atoms with van der Waals surface area (Å²) in [5.74, 6) is -0.344. The van der Waals surface area contributed by atoms with Gasteiger partial charge in [0, 0.05) is 20.2 Å². The zero-order valence-corrected chi connectivity index (χ0v) is 16.5. The molecule has 0 bridgehead atoms. The Morgan fingerprint density at radius 3 is 2.70 bits per heavy atom. The van der Waals surface area contributed by atoms with E-state index >= 15 is 0 Å². The van der Waals surface area contributed by atoms with E-state index in [0.29, 0.717) is 24.5 Å². The summed E-state index contributed by atoms with van der Waals surface area (Å²) in [5, 5.41) is 6.97. The Labute approximate surface area is 159 Å². The number of aromatic nitrogens is 2. The monoisotopic (exact) mass is 392 g/mol. The number of benzene rings is 1. The highest BCUT2D eigenvalue weighted by Crippen LogP contribution is 2.24. The molecule has 0 unspecified atom stereocenters. The zero-order valence-electron chi connectivity index (χ0n) is 15.7. The lowest BCUT2D eigenvalue weighted by atomic mass is 10.1. The first kappa shape index (κ1) is 19.4. The predicted molar refractivity (Wildman–Crippen MR) is 101 cm³/mol. The third-order valence-electron chi connectivity index (χ3n) is 4.64. The molecule has 3 rings (SSSR count). The number of anilines is 1. The summed E-state index contributed by atoms with van der Waals surface area (Å²) in [5.41, 5.74) is 1.42. The van der Waals surface area contributed by atoms with Gasteiger partial charge in [0.2, 0.25) is 0 Å². The molecule has 0 aliphatic carbocycles. The molecule has 1 aliphatic heterocycles. The molecular weight excluding hydrogens is 368 g/mol. The molecule has 1 aliphatic rings. The van der Waals surface area contributed by atoms with Gasteiger partial charge in [-0.3, -0.25) is 14.2 Å². The summed E-state index contributed by atoms with van der Waals surface area (Å²) in [6.45, 7) is 4.44. The standard InChI is InChI=1S/C18H24N4O4S/c1-12-17(13(2)22(3)20-12)27(24,25)21-16-9-5-4-8-15(16)18(23)19-11-14-7-6-10-26-14/h4-5,8-9,14,21H,6-7,10-11H2,1-3H3,(H,19,23)/t14-/m1/s1. The van der Waals surface area contributed by atoms with Crippen molar-refractivity contribution in [2.45, 2.75) is 37.7 Å². The van der Waals surface area contributed by atoms with Gasteiger partial charge < -0.3 is 10.1 Å². The third-order valence-corrected chi connectivity index (χ3v) is 6.26. The third kappa shape index (κ3) is 4.14. The van der Waals surface area contributed by atoms with Crippen LogP contribution in [-0.4, -0.2) is 43.4 Å². The molecule has 1 aromatic heterocycles. The minimum absolute atomic E-state index is 0.0125. The van der Waals surface area contributed by atoms with E-state index in [0.717, 1.165) is 12.8 Å². The average molecular weight is 392 g/mol. The summed E-state index contributed by atoms with van der Waals surface area (Å²) >= 11 is 0. The van der Waals surface area contributed by atoms with E-state index in [2.05, 4.69) is 15.1 Å². The smallest absolute Gasteiger partial charge is 0.265 e. The lowest BCUT2D eigenvalue weighted by Gasteiger charge is -2.14. The first-order valence-corrected chi connectivity index (χ1v) is 10.3. The summed E-state index contributed by atoms with van der Waals surface area (Å²) in [6, 6.07) is 6.53. The van der Waals surface area contributed by atoms with Crippen LogP contribution in [0, 0.1) is 13.8 Å². The van der Waals surface area contributed by atoms with Crippen molar-refractivity contribution in [1.82, 2.24) is 15.1 Å². The van der Waals surface area contributed by atoms with Gasteiger partial charge in [0.15, 0.2) is 0 Å². The van der Waals surface area contributed by atoms with Crippen LogP contribution in [0.5, 0.6) is 0 Å². The molecule has 9 heteroatoms. The van der Waals surface area contributed by atoms with E-state index in [9.17, 15) is 13.2 Å². The minimum atomic E-state index is -3.88. The molecule has 8 nitrogen and oxygen atoms in total. The molecule has 0 spiro atoms. The van der Waals surface area contributed by atoms with Gasteiger partial charge in [-0.2, -0.15) is 5.10 Å². The maximum atomic E-state index is 12.9. The van der Waals surface area contributed by atoms with Crippen LogP contribution in [-0.2, 0) is 21.8 Å². The largest absolute Gasteiger partial charge is 0.376 e. The fourth-order valence-corrected chi connectivity index (χ4v) is 4.74. The molecular formula is C18H24N4O4S. The number of para-hydroxylation sites is 1. The number of nitrogens with one attached hydrogen (secondary N) is 2. The van der Waals surface area contributed by atoms with Gasteiger partial charge >= 0.3 is 0 Å². The number of ether oxygens (including phenoxy) is 1. The Balaban J connectivity index is 1.82. The fourth-order valence-electron chi connectivity index (χ4n) is 3.22. The average Bonchev–Trinajstić information content (AvgIpc) is 3.21. The van der Waals surface area contributed by atoms with E-state index in [1.807, 2.05) is 0 Å². The van der Waals surface area contributed by atoms with Crippen molar-refractivity contribution < 1.29 is 17.9 Å². The van der Waals surface area contributed by atoms with Crippen LogP contribution < -0.4 is 10.0 Å². The van der Waals surface area contributed by atoms with Gasteiger partial charge in [0.25, 0.3) is 15.9 Å². The van der Waals surface area contributed by atoms with Crippen molar-refractivity contribution >= 4 is 21.6 Å². The van der Waals surface area contributed by atoms with Gasteiger partial charge in [-0.15, -0.1) is 0 Å². The molecule has 1 saturated heterocycles. The van der Waals surface area contributed by atoms with Crippen molar-refractivity contribution in [3.05, 3.63) is 41.2 Å². The number of hydrogen-bond donors (Lipinski definition) is 2. The second-order valence-corrected chi connectivity index (χ2v) is 8.24. The van der Waals surface area contributed by atoms with Gasteiger partial charge in [-0.1, -0.05) is 12.1 Å². The van der Waals surface area contributed by atoms with Crippen molar-refractivity contribution in [2.75, 3.05) is 17.9 Å². The van der Waals surface area contributed by atoms with Crippen LogP contribution in [0.4, 0.5) is 5.69 Å². The molecule has 1 atom stereocenters. The summed E-state index contributed by atoms with van der Waals surface area (Å²) in [6.07, 6.45) is 1.91. The van der Waals surface area contributed by atoms with Crippen molar-refractivity contribution in [3.8, 4) is 0 Å². The highest BCUT2D eigenvalue weighted by molar-refractivity contribution is 7.92. The molecule has 1 fully saturated rings. The number of nitrogens with zero attached hydrogens (tertiary/aromatic N) is 2. The second-order valence-electron chi connectivity index (χ2n) is 6.62. The molecule has 146 valence electrons. The Morgan fingerprint density at radius 2 is 2.07 bits per heavy atom. The predicted octanol–water partition coefficient (Wildman–Crippen LogP) is 1.75. The van der Waals surface area contributed by atoms with Crippen molar-refractivity contribution in [1.29, 1.82) is 0 Å². The van der Waals surface area contributed by atoms with Crippen LogP contribution in [0.15, 0.2) is 29.2 Å². The topological polar surface area (TPSA) is 102 Å². The number of rotatable bonds is 6. The first-order chi connectivity index (χ1) is 12.8. The lowest BCUT2D eigenvalue weighted by Crippen LogP contribution is -2.32. The molecule has 0 saturated carbocycles. The van der Waals surface area contributed by atoms with Gasteiger partial charge in [-0.05, 0) is 38.8 Å². The molecule has 2 aromatic rings. The second kappa shape index (κ2) is 7.69. The van der Waals surface area contributed by atoms with E-state index in [4.69, 9.17) is 4.74 Å². The van der Waals surface area contributed by atoms with E-state index in [1.165, 1.54) is 4.68 Å². The minimum Gasteiger partial charge on any atom is -0.376 e. The van der Waals surface area contributed by atoms with Gasteiger partial charge in [0.1, 0.15) is 4.90 Å². The number of sulfonamides is 1. The number of amides is 1. The number of carbonyl (C=O) groups is 1. The quantitative estimate of drug-likeness (QED) is 0.780. The lowest BCUT2D eigenvalue weighted by molar-refractivity contribution is 0.0858. The molecule has 2 heterocycles. The number of hydrogen-bond acceptors (Lipinski definition) is 5. The highest BCUT2D eigenvalue weighted by Gasteiger charge is 2.26. The van der Waals surface area contributed by atoms with Gasteiger partial charge in [0.05, 0.1) is 28.7 Å². The molecule has 1 amide bonds. The van der Waals surface area contributed by atoms with E-state index in [1.54, 1.807) is 45.2 Å². The Morgan fingerprint density at radius 1 is 1.33 bits per heavy atom. The summed E-state index contributed by atoms with van der Waals surface area (Å²) in [7, 11) is -2.19. The molecule has 27 heavy (non-hydrogen) atoms. The Hall–Kier alpha value is -2.39. The molecule has 2 N–H and O–H groups in total. The van der Waals surface area contributed by atoms with Gasteiger partial charge in [-0.25, -0.2) is 8.42 Å². The maximum Gasteiger partial charge on any atom is 0.265 e. The van der Waals surface area contributed by atoms with Crippen LogP contribution in [0.25, 0.3) is 0 Å². The van der Waals surface area contributed by atoms with E-state index < -0.39 is 10.0 Å². The number of carbonyl (C=O) groups excluding carboxylic acids is 1. The van der Waals surface area contributed by atoms with Crippen LogP contribution in [0.3, 0.4) is 0 Å². The normalized spacial score (nSPS) is 17.1. The van der Waals surface area contributed by atoms with Crippen molar-refractivity contribution in [2.24, 2.45) is 7.05 Å². The Bertz CT molecular complexity index is 946. The fraction of sp³-hybridized carbons (Fsp3) is 0.444. The molecule has 0 radical (unpaired) electrons. The van der Waals surface area contributed by atoms with Crippen LogP contribution >= 0.6 is 0 Å². The Kier molecular flexibility index (Phi) is 5.52. The van der Waals surface area contributed by atoms with Crippen molar-refractivity contribution in [3.63, 3.8) is 0 Å². The van der Waals surface area contributed by atoms with E-state index in [-0.39, 0.29) is 28.2 Å². The molecule has 1 aromatic carbocycles.